The van der Waals surface area contributed by atoms with Crippen molar-refractivity contribution in [3.63, 3.8) is 0 Å². The summed E-state index contributed by atoms with van der Waals surface area (Å²) >= 11 is 0. The summed E-state index contributed by atoms with van der Waals surface area (Å²) in [5.74, 6) is 0.683. The predicted octanol–water partition coefficient (Wildman–Crippen LogP) is 1.54. The van der Waals surface area contributed by atoms with Gasteiger partial charge in [0.15, 0.2) is 5.65 Å². The van der Waals surface area contributed by atoms with Crippen LogP contribution in [0.25, 0.3) is 11.0 Å². The van der Waals surface area contributed by atoms with Crippen molar-refractivity contribution in [2.24, 2.45) is 11.8 Å². The Labute approximate surface area is 129 Å². The highest BCUT2D eigenvalue weighted by Gasteiger charge is 2.26. The van der Waals surface area contributed by atoms with E-state index in [4.69, 9.17) is 0 Å². The normalized spacial score (nSPS) is 18.5. The maximum Gasteiger partial charge on any atom is 0.255 e. The van der Waals surface area contributed by atoms with E-state index in [-0.39, 0.29) is 18.4 Å². The van der Waals surface area contributed by atoms with E-state index in [9.17, 15) is 9.90 Å². The number of aliphatic hydroxyl groups is 1. The minimum atomic E-state index is -0.0121. The molecular weight excluding hydrogens is 280 g/mol. The number of amides is 1. The lowest BCUT2D eigenvalue weighted by Gasteiger charge is -2.16. The minimum Gasteiger partial charge on any atom is -0.396 e. The lowest BCUT2D eigenvalue weighted by atomic mass is 10.1. The molecule has 0 radical (unpaired) electrons. The molecule has 1 atom stereocenters. The second-order valence-corrected chi connectivity index (χ2v) is 6.45. The molecule has 1 fully saturated rings. The molecule has 3 heterocycles. The molecule has 22 heavy (non-hydrogen) atoms. The average Bonchev–Trinajstić information content (AvgIpc) is 3.13. The van der Waals surface area contributed by atoms with Gasteiger partial charge in [0.2, 0.25) is 0 Å². The van der Waals surface area contributed by atoms with Gasteiger partial charge in [0, 0.05) is 43.7 Å². The first-order valence-electron chi connectivity index (χ1n) is 7.80. The molecule has 0 spiro atoms. The Morgan fingerprint density at radius 1 is 1.45 bits per heavy atom. The number of carbonyl (C=O) groups is 1. The molecule has 0 aliphatic carbocycles. The van der Waals surface area contributed by atoms with Gasteiger partial charge in [0.05, 0.1) is 11.8 Å². The van der Waals surface area contributed by atoms with Crippen LogP contribution >= 0.6 is 0 Å². The van der Waals surface area contributed by atoms with Crippen LogP contribution in [-0.4, -0.2) is 50.4 Å². The third-order valence-corrected chi connectivity index (χ3v) is 4.09. The van der Waals surface area contributed by atoms with Crippen molar-refractivity contribution in [3.8, 4) is 0 Å². The van der Waals surface area contributed by atoms with Gasteiger partial charge in [-0.3, -0.25) is 4.79 Å². The number of nitrogens with zero attached hydrogens (tertiary/aromatic N) is 4. The fourth-order valence-electron chi connectivity index (χ4n) is 2.92. The molecule has 6 heteroatoms. The summed E-state index contributed by atoms with van der Waals surface area (Å²) in [5, 5.41) is 14.4. The second-order valence-electron chi connectivity index (χ2n) is 6.45. The largest absolute Gasteiger partial charge is 0.396 e. The van der Waals surface area contributed by atoms with E-state index in [1.807, 2.05) is 10.7 Å². The Morgan fingerprint density at radius 3 is 2.95 bits per heavy atom. The van der Waals surface area contributed by atoms with Gasteiger partial charge in [0.1, 0.15) is 0 Å². The molecule has 2 aromatic heterocycles. The van der Waals surface area contributed by atoms with Gasteiger partial charge in [-0.25, -0.2) is 9.67 Å². The Bertz CT molecular complexity index is 680. The van der Waals surface area contributed by atoms with Crippen molar-refractivity contribution >= 4 is 16.9 Å². The van der Waals surface area contributed by atoms with Crippen molar-refractivity contribution in [3.05, 3.63) is 24.0 Å². The lowest BCUT2D eigenvalue weighted by Crippen LogP contribution is -2.29. The minimum absolute atomic E-state index is 0.0121. The number of aliphatic hydroxyl groups excluding tert-OH is 1. The number of carbonyl (C=O) groups excluding carboxylic acids is 1. The van der Waals surface area contributed by atoms with Crippen LogP contribution in [0.3, 0.4) is 0 Å². The Hall–Kier alpha value is -1.95. The van der Waals surface area contributed by atoms with Gasteiger partial charge in [-0.15, -0.1) is 0 Å². The summed E-state index contributed by atoms with van der Waals surface area (Å²) in [4.78, 5) is 18.7. The van der Waals surface area contributed by atoms with Crippen LogP contribution in [0.1, 0.15) is 30.6 Å². The average molecular weight is 302 g/mol. The van der Waals surface area contributed by atoms with E-state index in [2.05, 4.69) is 23.9 Å². The molecule has 1 aliphatic rings. The molecule has 0 bridgehead atoms. The Kier molecular flexibility index (Phi) is 4.11. The van der Waals surface area contributed by atoms with Crippen LogP contribution in [-0.2, 0) is 6.54 Å². The van der Waals surface area contributed by atoms with Gasteiger partial charge < -0.3 is 10.0 Å². The maximum atomic E-state index is 12.5. The highest BCUT2D eigenvalue weighted by Crippen LogP contribution is 2.20. The van der Waals surface area contributed by atoms with Crippen LogP contribution in [0.4, 0.5) is 0 Å². The number of hydrogen-bond donors (Lipinski definition) is 1. The molecule has 118 valence electrons. The topological polar surface area (TPSA) is 71.2 Å². The van der Waals surface area contributed by atoms with Crippen molar-refractivity contribution in [2.45, 2.75) is 26.8 Å². The monoisotopic (exact) mass is 302 g/mol. The van der Waals surface area contributed by atoms with Crippen LogP contribution in [0.2, 0.25) is 0 Å². The molecule has 0 aromatic carbocycles. The van der Waals surface area contributed by atoms with Gasteiger partial charge in [0.25, 0.3) is 5.91 Å². The molecule has 6 nitrogen and oxygen atoms in total. The number of fused-ring (bicyclic) bond motifs is 1. The molecule has 2 aromatic rings. The van der Waals surface area contributed by atoms with Crippen molar-refractivity contribution in [2.75, 3.05) is 19.7 Å². The molecular formula is C16H22N4O2. The maximum absolute atomic E-state index is 12.5. The fraction of sp³-hybridized carbons (Fsp3) is 0.562. The van der Waals surface area contributed by atoms with Crippen molar-refractivity contribution in [1.82, 2.24) is 19.7 Å². The number of likely N-dealkylation sites (tertiary alicyclic amines) is 1. The Morgan fingerprint density at radius 2 is 2.27 bits per heavy atom. The zero-order valence-electron chi connectivity index (χ0n) is 13.1. The van der Waals surface area contributed by atoms with E-state index in [0.29, 0.717) is 24.6 Å². The third kappa shape index (κ3) is 2.83. The lowest BCUT2D eigenvalue weighted by molar-refractivity contribution is 0.0781. The summed E-state index contributed by atoms with van der Waals surface area (Å²) in [6, 6.07) is 1.86. The smallest absolute Gasteiger partial charge is 0.255 e. The van der Waals surface area contributed by atoms with Gasteiger partial charge in [-0.05, 0) is 18.4 Å². The van der Waals surface area contributed by atoms with E-state index in [1.165, 1.54) is 0 Å². The predicted molar refractivity (Wildman–Crippen MR) is 83.5 cm³/mol. The Balaban J connectivity index is 1.82. The molecule has 1 N–H and O–H groups in total. The summed E-state index contributed by atoms with van der Waals surface area (Å²) in [5.41, 5.74) is 1.41. The summed E-state index contributed by atoms with van der Waals surface area (Å²) in [7, 11) is 0. The third-order valence-electron chi connectivity index (χ3n) is 4.09. The van der Waals surface area contributed by atoms with Crippen molar-refractivity contribution < 1.29 is 9.90 Å². The molecule has 3 rings (SSSR count). The number of aromatic nitrogens is 3. The fourth-order valence-corrected chi connectivity index (χ4v) is 2.92. The quantitative estimate of drug-likeness (QED) is 0.930. The number of rotatable bonds is 4. The summed E-state index contributed by atoms with van der Waals surface area (Å²) in [6.07, 6.45) is 4.27. The van der Waals surface area contributed by atoms with E-state index >= 15 is 0 Å². The number of hydrogen-bond acceptors (Lipinski definition) is 4. The first kappa shape index (κ1) is 15.0. The molecule has 1 unspecified atom stereocenters. The van der Waals surface area contributed by atoms with Gasteiger partial charge in [-0.1, -0.05) is 13.8 Å². The van der Waals surface area contributed by atoms with Crippen molar-refractivity contribution in [1.29, 1.82) is 0 Å². The second kappa shape index (κ2) is 6.04. The summed E-state index contributed by atoms with van der Waals surface area (Å²) in [6.45, 7) is 6.55. The number of pyridine rings is 1. The van der Waals surface area contributed by atoms with E-state index < -0.39 is 0 Å². The van der Waals surface area contributed by atoms with Crippen LogP contribution in [0.15, 0.2) is 18.5 Å². The first-order chi connectivity index (χ1) is 10.6. The molecule has 1 amide bonds. The first-order valence-corrected chi connectivity index (χ1v) is 7.80. The van der Waals surface area contributed by atoms with Crippen LogP contribution in [0.5, 0.6) is 0 Å². The van der Waals surface area contributed by atoms with Gasteiger partial charge in [-0.2, -0.15) is 5.10 Å². The summed E-state index contributed by atoms with van der Waals surface area (Å²) < 4.78 is 1.88. The molecule has 0 saturated carbocycles. The zero-order valence-corrected chi connectivity index (χ0v) is 13.1. The van der Waals surface area contributed by atoms with Crippen LogP contribution in [0, 0.1) is 11.8 Å². The highest BCUT2D eigenvalue weighted by molar-refractivity contribution is 5.97. The zero-order chi connectivity index (χ0) is 15.7. The SMILES string of the molecule is CC(C)Cn1ncc2cc(C(=O)N3CCC(CO)C3)cnc21. The van der Waals surface area contributed by atoms with E-state index in [0.717, 1.165) is 24.0 Å². The van der Waals surface area contributed by atoms with Gasteiger partial charge >= 0.3 is 0 Å². The molecule has 1 aliphatic heterocycles. The standard InChI is InChI=1S/C16H22N4O2/c1-11(2)8-20-15-13(7-18-20)5-14(6-17-15)16(22)19-4-3-12(9-19)10-21/h5-7,11-12,21H,3-4,8-10H2,1-2H3. The van der Waals surface area contributed by atoms with E-state index in [1.54, 1.807) is 17.3 Å². The van der Waals surface area contributed by atoms with Crippen LogP contribution < -0.4 is 0 Å². The molecule has 1 saturated heterocycles. The highest BCUT2D eigenvalue weighted by atomic mass is 16.3.